The van der Waals surface area contributed by atoms with Crippen LogP contribution in [-0.4, -0.2) is 15.7 Å². The molecule has 0 radical (unpaired) electrons. The van der Waals surface area contributed by atoms with Crippen LogP contribution in [0.5, 0.6) is 0 Å². The van der Waals surface area contributed by atoms with Gasteiger partial charge in [-0.1, -0.05) is 17.7 Å². The molecule has 2 aromatic rings. The molecule has 94 valence electrons. The second-order valence-corrected chi connectivity index (χ2v) is 4.63. The topological polar surface area (TPSA) is 46.9 Å². The van der Waals surface area contributed by atoms with E-state index in [0.717, 1.165) is 5.56 Å². The van der Waals surface area contributed by atoms with Crippen LogP contribution in [0.15, 0.2) is 24.4 Å². The smallest absolute Gasteiger partial charge is 0.259 e. The standard InChI is InChI=1S/C13H14ClN3O/c1-8-4-5-10(6-12(8)14)15-13(18)11-7-17(3)16-9(11)2/h4-7H,1-3H3,(H,15,18). The maximum atomic E-state index is 12.0. The summed E-state index contributed by atoms with van der Waals surface area (Å²) in [6.45, 7) is 3.72. The zero-order chi connectivity index (χ0) is 13.3. The molecule has 5 heteroatoms. The molecular weight excluding hydrogens is 250 g/mol. The summed E-state index contributed by atoms with van der Waals surface area (Å²) in [4.78, 5) is 12.0. The van der Waals surface area contributed by atoms with Crippen molar-refractivity contribution in [3.63, 3.8) is 0 Å². The SMILES string of the molecule is Cc1ccc(NC(=O)c2cn(C)nc2C)cc1Cl. The van der Waals surface area contributed by atoms with Crippen molar-refractivity contribution in [3.05, 3.63) is 46.2 Å². The van der Waals surface area contributed by atoms with Gasteiger partial charge in [0, 0.05) is 24.0 Å². The molecule has 0 spiro atoms. The van der Waals surface area contributed by atoms with Gasteiger partial charge in [-0.2, -0.15) is 5.10 Å². The molecule has 0 aliphatic rings. The first-order valence-corrected chi connectivity index (χ1v) is 5.93. The van der Waals surface area contributed by atoms with Gasteiger partial charge >= 0.3 is 0 Å². The van der Waals surface area contributed by atoms with Crippen LogP contribution in [0.4, 0.5) is 5.69 Å². The molecule has 1 heterocycles. The van der Waals surface area contributed by atoms with Gasteiger partial charge in [0.15, 0.2) is 0 Å². The molecule has 18 heavy (non-hydrogen) atoms. The molecule has 0 fully saturated rings. The molecular formula is C13H14ClN3O. The van der Waals surface area contributed by atoms with E-state index in [1.165, 1.54) is 0 Å². The number of aromatic nitrogens is 2. The Bertz CT molecular complexity index is 604. The van der Waals surface area contributed by atoms with Gasteiger partial charge in [-0.25, -0.2) is 0 Å². The average molecular weight is 264 g/mol. The van der Waals surface area contributed by atoms with E-state index in [4.69, 9.17) is 11.6 Å². The van der Waals surface area contributed by atoms with Crippen molar-refractivity contribution in [2.75, 3.05) is 5.32 Å². The highest BCUT2D eigenvalue weighted by molar-refractivity contribution is 6.31. The summed E-state index contributed by atoms with van der Waals surface area (Å²) < 4.78 is 1.62. The second kappa shape index (κ2) is 4.82. The van der Waals surface area contributed by atoms with E-state index in [0.29, 0.717) is 22.0 Å². The van der Waals surface area contributed by atoms with Crippen molar-refractivity contribution in [2.24, 2.45) is 7.05 Å². The van der Waals surface area contributed by atoms with Crippen molar-refractivity contribution in [1.29, 1.82) is 0 Å². The first-order chi connectivity index (χ1) is 8.47. The molecule has 1 aromatic heterocycles. The van der Waals surface area contributed by atoms with Crippen LogP contribution < -0.4 is 5.32 Å². The Morgan fingerprint density at radius 3 is 2.67 bits per heavy atom. The van der Waals surface area contributed by atoms with Gasteiger partial charge in [0.1, 0.15) is 0 Å². The van der Waals surface area contributed by atoms with Gasteiger partial charge in [0.2, 0.25) is 0 Å². The molecule has 0 bridgehead atoms. The lowest BCUT2D eigenvalue weighted by Crippen LogP contribution is -2.12. The minimum absolute atomic E-state index is 0.180. The molecule has 0 atom stereocenters. The fraction of sp³-hybridized carbons (Fsp3) is 0.231. The number of carbonyl (C=O) groups excluding carboxylic acids is 1. The van der Waals surface area contributed by atoms with Gasteiger partial charge in [0.05, 0.1) is 11.3 Å². The number of aryl methyl sites for hydroxylation is 3. The van der Waals surface area contributed by atoms with E-state index in [9.17, 15) is 4.79 Å². The van der Waals surface area contributed by atoms with E-state index in [2.05, 4.69) is 10.4 Å². The van der Waals surface area contributed by atoms with Gasteiger partial charge < -0.3 is 5.32 Å². The van der Waals surface area contributed by atoms with Crippen LogP contribution >= 0.6 is 11.6 Å². The maximum absolute atomic E-state index is 12.0. The van der Waals surface area contributed by atoms with Gasteiger partial charge in [-0.05, 0) is 31.5 Å². The fourth-order valence-corrected chi connectivity index (χ4v) is 1.87. The van der Waals surface area contributed by atoms with Crippen LogP contribution in [-0.2, 0) is 7.05 Å². The molecule has 2 rings (SSSR count). The number of anilines is 1. The Hall–Kier alpha value is -1.81. The Morgan fingerprint density at radius 2 is 2.11 bits per heavy atom. The zero-order valence-corrected chi connectivity index (χ0v) is 11.2. The third-order valence-corrected chi connectivity index (χ3v) is 3.09. The van der Waals surface area contributed by atoms with E-state index in [-0.39, 0.29) is 5.91 Å². The number of carbonyl (C=O) groups is 1. The van der Waals surface area contributed by atoms with Crippen molar-refractivity contribution < 1.29 is 4.79 Å². The second-order valence-electron chi connectivity index (χ2n) is 4.22. The molecule has 0 saturated carbocycles. The average Bonchev–Trinajstić information content (AvgIpc) is 2.63. The lowest BCUT2D eigenvalue weighted by Gasteiger charge is -2.06. The Balaban J connectivity index is 2.21. The molecule has 4 nitrogen and oxygen atoms in total. The summed E-state index contributed by atoms with van der Waals surface area (Å²) in [6.07, 6.45) is 1.69. The number of rotatable bonds is 2. The monoisotopic (exact) mass is 263 g/mol. The maximum Gasteiger partial charge on any atom is 0.259 e. The van der Waals surface area contributed by atoms with E-state index >= 15 is 0 Å². The van der Waals surface area contributed by atoms with Crippen LogP contribution in [0.25, 0.3) is 0 Å². The summed E-state index contributed by atoms with van der Waals surface area (Å²) >= 11 is 6.01. The number of hydrogen-bond donors (Lipinski definition) is 1. The first kappa shape index (κ1) is 12.6. The van der Waals surface area contributed by atoms with Crippen molar-refractivity contribution in [3.8, 4) is 0 Å². The minimum Gasteiger partial charge on any atom is -0.322 e. The largest absolute Gasteiger partial charge is 0.322 e. The summed E-state index contributed by atoms with van der Waals surface area (Å²) in [5.74, 6) is -0.180. The predicted octanol–water partition coefficient (Wildman–Crippen LogP) is 2.94. The summed E-state index contributed by atoms with van der Waals surface area (Å²) in [6, 6.07) is 5.43. The van der Waals surface area contributed by atoms with Crippen molar-refractivity contribution in [1.82, 2.24) is 9.78 Å². The van der Waals surface area contributed by atoms with Crippen LogP contribution in [0.2, 0.25) is 5.02 Å². The van der Waals surface area contributed by atoms with E-state index in [1.807, 2.05) is 19.1 Å². The molecule has 0 aliphatic carbocycles. The van der Waals surface area contributed by atoms with E-state index < -0.39 is 0 Å². The zero-order valence-electron chi connectivity index (χ0n) is 10.5. The third kappa shape index (κ3) is 2.54. The van der Waals surface area contributed by atoms with Gasteiger partial charge in [0.25, 0.3) is 5.91 Å². The summed E-state index contributed by atoms with van der Waals surface area (Å²) in [7, 11) is 1.78. The lowest BCUT2D eigenvalue weighted by atomic mass is 10.2. The molecule has 1 amide bonds. The molecule has 1 N–H and O–H groups in total. The normalized spacial score (nSPS) is 10.4. The fourth-order valence-electron chi connectivity index (χ4n) is 1.69. The van der Waals surface area contributed by atoms with Gasteiger partial charge in [-0.15, -0.1) is 0 Å². The first-order valence-electron chi connectivity index (χ1n) is 5.55. The minimum atomic E-state index is -0.180. The Kier molecular flexibility index (Phi) is 3.39. The van der Waals surface area contributed by atoms with Gasteiger partial charge in [-0.3, -0.25) is 9.48 Å². The Labute approximate surface area is 111 Å². The quantitative estimate of drug-likeness (QED) is 0.906. The molecule has 0 saturated heterocycles. The molecule has 0 unspecified atom stereocenters. The number of nitrogens with zero attached hydrogens (tertiary/aromatic N) is 2. The molecule has 0 aliphatic heterocycles. The Morgan fingerprint density at radius 1 is 1.39 bits per heavy atom. The molecule has 1 aromatic carbocycles. The summed E-state index contributed by atoms with van der Waals surface area (Å²) in [5.41, 5.74) is 2.92. The third-order valence-electron chi connectivity index (χ3n) is 2.69. The highest BCUT2D eigenvalue weighted by atomic mass is 35.5. The number of amides is 1. The van der Waals surface area contributed by atoms with Crippen molar-refractivity contribution in [2.45, 2.75) is 13.8 Å². The highest BCUT2D eigenvalue weighted by Gasteiger charge is 2.12. The predicted molar refractivity (Wildman–Crippen MR) is 72.1 cm³/mol. The number of hydrogen-bond acceptors (Lipinski definition) is 2. The number of halogens is 1. The van der Waals surface area contributed by atoms with Crippen LogP contribution in [0, 0.1) is 13.8 Å². The lowest BCUT2D eigenvalue weighted by molar-refractivity contribution is 0.102. The van der Waals surface area contributed by atoms with Crippen LogP contribution in [0.3, 0.4) is 0 Å². The highest BCUT2D eigenvalue weighted by Crippen LogP contribution is 2.20. The van der Waals surface area contributed by atoms with Crippen molar-refractivity contribution >= 4 is 23.2 Å². The van der Waals surface area contributed by atoms with Crippen LogP contribution in [0.1, 0.15) is 21.6 Å². The summed E-state index contributed by atoms with van der Waals surface area (Å²) in [5, 5.41) is 7.57. The number of benzene rings is 1. The van der Waals surface area contributed by atoms with E-state index in [1.54, 1.807) is 30.9 Å². The number of nitrogens with one attached hydrogen (secondary N) is 1.